The molecule has 0 aliphatic carbocycles. The minimum atomic E-state index is 0.0136. The van der Waals surface area contributed by atoms with Crippen molar-refractivity contribution in [3.63, 3.8) is 0 Å². The lowest BCUT2D eigenvalue weighted by molar-refractivity contribution is -0.121. The first-order valence-corrected chi connectivity index (χ1v) is 10.9. The van der Waals surface area contributed by atoms with E-state index in [-0.39, 0.29) is 11.8 Å². The van der Waals surface area contributed by atoms with E-state index >= 15 is 0 Å². The van der Waals surface area contributed by atoms with Crippen molar-refractivity contribution in [2.24, 2.45) is 0 Å². The average Bonchev–Trinajstić information content (AvgIpc) is 3.09. The molecule has 0 radical (unpaired) electrons. The van der Waals surface area contributed by atoms with Crippen molar-refractivity contribution < 1.29 is 19.1 Å². The van der Waals surface area contributed by atoms with Gasteiger partial charge in [0.1, 0.15) is 0 Å². The zero-order chi connectivity index (χ0) is 22.5. The molecule has 0 bridgehead atoms. The minimum Gasteiger partial charge on any atom is -0.493 e. The number of rotatable bonds is 10. The average molecular weight is 433 g/mol. The lowest BCUT2D eigenvalue weighted by Gasteiger charge is -2.17. The third-order valence-electron chi connectivity index (χ3n) is 5.85. The maximum absolute atomic E-state index is 12.8. The van der Waals surface area contributed by atoms with Crippen LogP contribution in [0.2, 0.25) is 0 Å². The summed E-state index contributed by atoms with van der Waals surface area (Å²) in [6, 6.07) is 17.6. The van der Waals surface area contributed by atoms with Crippen LogP contribution in [0.4, 0.5) is 5.69 Å². The Morgan fingerprint density at radius 3 is 2.53 bits per heavy atom. The molecule has 3 aromatic rings. The zero-order valence-electron chi connectivity index (χ0n) is 18.5. The number of nitrogens with zero attached hydrogens (tertiary/aromatic N) is 1. The number of amides is 2. The number of benzene rings is 3. The van der Waals surface area contributed by atoms with Gasteiger partial charge in [-0.15, -0.1) is 0 Å². The predicted molar refractivity (Wildman–Crippen MR) is 126 cm³/mol. The van der Waals surface area contributed by atoms with Gasteiger partial charge in [0.25, 0.3) is 5.91 Å². The predicted octanol–water partition coefficient (Wildman–Crippen LogP) is 4.35. The molecule has 166 valence electrons. The fraction of sp³-hybridized carbons (Fsp3) is 0.308. The molecule has 1 aliphatic heterocycles. The molecule has 0 aromatic heterocycles. The van der Waals surface area contributed by atoms with Gasteiger partial charge >= 0.3 is 0 Å². The number of ether oxygens (including phenoxy) is 2. The second kappa shape index (κ2) is 9.73. The van der Waals surface area contributed by atoms with E-state index < -0.39 is 0 Å². The first-order valence-electron chi connectivity index (χ1n) is 10.9. The summed E-state index contributed by atoms with van der Waals surface area (Å²) in [6.45, 7) is 1.15. The molecular weight excluding hydrogens is 404 g/mol. The number of aryl methyl sites for hydroxylation is 1. The van der Waals surface area contributed by atoms with E-state index in [2.05, 4.69) is 5.32 Å². The zero-order valence-corrected chi connectivity index (χ0v) is 18.5. The summed E-state index contributed by atoms with van der Waals surface area (Å²) < 4.78 is 10.6. The van der Waals surface area contributed by atoms with Gasteiger partial charge in [-0.05, 0) is 54.5 Å². The molecule has 1 heterocycles. The molecule has 0 saturated heterocycles. The van der Waals surface area contributed by atoms with E-state index in [1.165, 1.54) is 0 Å². The van der Waals surface area contributed by atoms with E-state index in [1.54, 1.807) is 19.1 Å². The van der Waals surface area contributed by atoms with Crippen LogP contribution < -0.4 is 19.7 Å². The highest BCUT2D eigenvalue weighted by atomic mass is 16.5. The lowest BCUT2D eigenvalue weighted by Crippen LogP contribution is -2.30. The van der Waals surface area contributed by atoms with E-state index in [0.717, 1.165) is 40.4 Å². The number of carbonyl (C=O) groups excluding carboxylic acids is 2. The van der Waals surface area contributed by atoms with Crippen molar-refractivity contribution >= 4 is 28.3 Å². The molecule has 0 saturated carbocycles. The highest BCUT2D eigenvalue weighted by molar-refractivity contribution is 6.25. The van der Waals surface area contributed by atoms with Crippen LogP contribution in [0.25, 0.3) is 10.8 Å². The summed E-state index contributed by atoms with van der Waals surface area (Å²) in [7, 11) is 3.24. The Morgan fingerprint density at radius 1 is 0.969 bits per heavy atom. The number of hydrogen-bond acceptors (Lipinski definition) is 4. The van der Waals surface area contributed by atoms with Gasteiger partial charge in [0, 0.05) is 30.5 Å². The van der Waals surface area contributed by atoms with Crippen LogP contribution in [0.15, 0.2) is 54.6 Å². The monoisotopic (exact) mass is 432 g/mol. The molecule has 0 atom stereocenters. The Hall–Kier alpha value is -3.54. The number of carbonyl (C=O) groups is 2. The second-order valence-electron chi connectivity index (χ2n) is 7.88. The third kappa shape index (κ3) is 4.40. The van der Waals surface area contributed by atoms with E-state index in [0.29, 0.717) is 37.4 Å². The van der Waals surface area contributed by atoms with Crippen molar-refractivity contribution in [2.75, 3.05) is 32.2 Å². The Morgan fingerprint density at radius 2 is 1.75 bits per heavy atom. The first kappa shape index (κ1) is 21.7. The number of nitrogens with one attached hydrogen (secondary N) is 1. The van der Waals surface area contributed by atoms with Crippen LogP contribution in [-0.4, -0.2) is 39.1 Å². The SMILES string of the molecule is COc1ccc(CCCNC(=O)CCCN2C(=O)c3cccc4cccc2c34)cc1OC. The smallest absolute Gasteiger partial charge is 0.258 e. The number of hydrogen-bond donors (Lipinski definition) is 1. The van der Waals surface area contributed by atoms with Crippen molar-refractivity contribution in [2.45, 2.75) is 25.7 Å². The Balaban J connectivity index is 1.21. The second-order valence-corrected chi connectivity index (χ2v) is 7.88. The van der Waals surface area contributed by atoms with Crippen molar-refractivity contribution in [1.82, 2.24) is 5.32 Å². The molecular formula is C26H28N2O4. The van der Waals surface area contributed by atoms with Crippen LogP contribution in [0.1, 0.15) is 35.2 Å². The van der Waals surface area contributed by atoms with Crippen LogP contribution >= 0.6 is 0 Å². The number of methoxy groups -OCH3 is 2. The molecule has 2 amide bonds. The molecule has 6 nitrogen and oxygen atoms in total. The largest absolute Gasteiger partial charge is 0.493 e. The van der Waals surface area contributed by atoms with E-state index in [9.17, 15) is 9.59 Å². The van der Waals surface area contributed by atoms with Gasteiger partial charge in [-0.1, -0.05) is 30.3 Å². The molecule has 0 fully saturated rings. The quantitative estimate of drug-likeness (QED) is 0.484. The van der Waals surface area contributed by atoms with E-state index in [1.807, 2.05) is 54.6 Å². The molecule has 0 spiro atoms. The van der Waals surface area contributed by atoms with Crippen LogP contribution in [0.3, 0.4) is 0 Å². The maximum Gasteiger partial charge on any atom is 0.258 e. The van der Waals surface area contributed by atoms with Gasteiger partial charge < -0.3 is 19.7 Å². The van der Waals surface area contributed by atoms with Crippen molar-refractivity contribution in [3.05, 3.63) is 65.7 Å². The molecule has 0 unspecified atom stereocenters. The van der Waals surface area contributed by atoms with Crippen LogP contribution in [0, 0.1) is 0 Å². The Labute approximate surface area is 188 Å². The summed E-state index contributed by atoms with van der Waals surface area (Å²) in [5, 5.41) is 5.06. The van der Waals surface area contributed by atoms with Crippen molar-refractivity contribution in [1.29, 1.82) is 0 Å². The van der Waals surface area contributed by atoms with Gasteiger partial charge in [-0.25, -0.2) is 0 Å². The molecule has 3 aromatic carbocycles. The van der Waals surface area contributed by atoms with Gasteiger partial charge in [-0.2, -0.15) is 0 Å². The Kier molecular flexibility index (Phi) is 6.59. The topological polar surface area (TPSA) is 67.9 Å². The lowest BCUT2D eigenvalue weighted by atomic mass is 10.1. The summed E-state index contributed by atoms with van der Waals surface area (Å²) in [4.78, 5) is 26.8. The fourth-order valence-electron chi connectivity index (χ4n) is 4.24. The summed E-state index contributed by atoms with van der Waals surface area (Å²) in [5.41, 5.74) is 2.83. The standard InChI is InChI=1S/C26H28N2O4/c1-31-22-14-13-18(17-23(22)32-2)7-5-15-27-24(29)12-6-16-28-21-11-4-9-19-8-3-10-20(25(19)21)26(28)30/h3-4,8-11,13-14,17H,5-7,12,15-16H2,1-2H3,(H,27,29). The molecule has 6 heteroatoms. The van der Waals surface area contributed by atoms with Crippen LogP contribution in [0.5, 0.6) is 11.5 Å². The van der Waals surface area contributed by atoms with Crippen LogP contribution in [-0.2, 0) is 11.2 Å². The molecule has 32 heavy (non-hydrogen) atoms. The van der Waals surface area contributed by atoms with Crippen molar-refractivity contribution in [3.8, 4) is 11.5 Å². The van der Waals surface area contributed by atoms with E-state index in [4.69, 9.17) is 9.47 Å². The fourth-order valence-corrected chi connectivity index (χ4v) is 4.24. The highest BCUT2D eigenvalue weighted by Crippen LogP contribution is 2.37. The summed E-state index contributed by atoms with van der Waals surface area (Å²) in [6.07, 6.45) is 2.69. The maximum atomic E-state index is 12.8. The molecule has 4 rings (SSSR count). The van der Waals surface area contributed by atoms with Gasteiger partial charge in [0.15, 0.2) is 11.5 Å². The molecule has 1 N–H and O–H groups in total. The third-order valence-corrected chi connectivity index (χ3v) is 5.85. The minimum absolute atomic E-state index is 0.0136. The normalized spacial score (nSPS) is 12.3. The van der Waals surface area contributed by atoms with Gasteiger partial charge in [0.05, 0.1) is 19.9 Å². The first-order chi connectivity index (χ1) is 15.6. The van der Waals surface area contributed by atoms with Gasteiger partial charge in [0.2, 0.25) is 5.91 Å². The molecule has 1 aliphatic rings. The Bertz CT molecular complexity index is 1140. The highest BCUT2D eigenvalue weighted by Gasteiger charge is 2.28. The van der Waals surface area contributed by atoms with Gasteiger partial charge in [-0.3, -0.25) is 9.59 Å². The summed E-state index contributed by atoms with van der Waals surface area (Å²) in [5.74, 6) is 1.45. The summed E-state index contributed by atoms with van der Waals surface area (Å²) >= 11 is 0. The number of anilines is 1.